The summed E-state index contributed by atoms with van der Waals surface area (Å²) in [7, 11) is 0. The first kappa shape index (κ1) is 29.3. The maximum absolute atomic E-state index is 13.3. The molecule has 1 heterocycles. The second-order valence-corrected chi connectivity index (χ2v) is 9.10. The zero-order valence-electron chi connectivity index (χ0n) is 20.0. The summed E-state index contributed by atoms with van der Waals surface area (Å²) in [6.45, 7) is 4.38. The van der Waals surface area contributed by atoms with Gasteiger partial charge in [-0.2, -0.15) is 0 Å². The summed E-state index contributed by atoms with van der Waals surface area (Å²) in [5.74, 6) is -4.00. The largest absolute Gasteiger partial charge is 0.481 e. The maximum Gasteiger partial charge on any atom is 0.326 e. The molecule has 0 aromatic rings. The van der Waals surface area contributed by atoms with Gasteiger partial charge in [0.15, 0.2) is 0 Å². The number of carboxylic acids is 2. The minimum absolute atomic E-state index is 0.0346. The molecule has 4 atom stereocenters. The highest BCUT2D eigenvalue weighted by Gasteiger charge is 2.39. The standard InChI is InChI=1S/C22H39N5O7/c1-13(2)12-16(22(33)34)26-20(31)17-7-5-11-27(17)21(32)15(8-9-18(28)29)25-19(30)14(24)6-3-4-10-23/h13-17H,3-12,23-24H2,1-2H3,(H,25,30)(H,26,31)(H,28,29)(H,33,34). The van der Waals surface area contributed by atoms with E-state index in [1.807, 2.05) is 13.8 Å². The number of hydrogen-bond donors (Lipinski definition) is 6. The zero-order chi connectivity index (χ0) is 25.8. The smallest absolute Gasteiger partial charge is 0.326 e. The molecule has 0 saturated carbocycles. The van der Waals surface area contributed by atoms with Crippen LogP contribution >= 0.6 is 0 Å². The van der Waals surface area contributed by atoms with Gasteiger partial charge in [-0.1, -0.05) is 20.3 Å². The van der Waals surface area contributed by atoms with Crippen molar-refractivity contribution >= 4 is 29.7 Å². The molecule has 3 amide bonds. The Morgan fingerprint density at radius 2 is 1.71 bits per heavy atom. The summed E-state index contributed by atoms with van der Waals surface area (Å²) in [5.41, 5.74) is 11.3. The fourth-order valence-electron chi connectivity index (χ4n) is 3.91. The SMILES string of the molecule is CC(C)CC(NC(=O)C1CCCN1C(=O)C(CCC(=O)O)NC(=O)C(N)CCCCN)C(=O)O. The van der Waals surface area contributed by atoms with E-state index >= 15 is 0 Å². The molecule has 12 nitrogen and oxygen atoms in total. The topological polar surface area (TPSA) is 205 Å². The van der Waals surface area contributed by atoms with Crippen molar-refractivity contribution in [2.24, 2.45) is 17.4 Å². The third-order valence-corrected chi connectivity index (χ3v) is 5.73. The van der Waals surface area contributed by atoms with Gasteiger partial charge in [0.1, 0.15) is 18.1 Å². The third-order valence-electron chi connectivity index (χ3n) is 5.73. The summed E-state index contributed by atoms with van der Waals surface area (Å²) >= 11 is 0. The summed E-state index contributed by atoms with van der Waals surface area (Å²) in [5, 5.41) is 23.5. The molecule has 1 aliphatic heterocycles. The Morgan fingerprint density at radius 1 is 1.03 bits per heavy atom. The average Bonchev–Trinajstić information content (AvgIpc) is 3.25. The molecule has 4 unspecified atom stereocenters. The summed E-state index contributed by atoms with van der Waals surface area (Å²) in [6.07, 6.45) is 2.26. The molecule has 1 fully saturated rings. The monoisotopic (exact) mass is 485 g/mol. The summed E-state index contributed by atoms with van der Waals surface area (Å²) in [4.78, 5) is 62.5. The third kappa shape index (κ3) is 9.64. The van der Waals surface area contributed by atoms with Crippen molar-refractivity contribution in [3.05, 3.63) is 0 Å². The second-order valence-electron chi connectivity index (χ2n) is 9.10. The Morgan fingerprint density at radius 3 is 2.26 bits per heavy atom. The van der Waals surface area contributed by atoms with Crippen molar-refractivity contribution in [3.63, 3.8) is 0 Å². The number of carboxylic acid groups (broad SMARTS) is 2. The minimum Gasteiger partial charge on any atom is -0.481 e. The molecule has 194 valence electrons. The minimum atomic E-state index is -1.16. The predicted octanol–water partition coefficient (Wildman–Crippen LogP) is -0.601. The van der Waals surface area contributed by atoms with Crippen molar-refractivity contribution < 1.29 is 34.2 Å². The predicted molar refractivity (Wildman–Crippen MR) is 123 cm³/mol. The molecule has 12 heteroatoms. The second kappa shape index (κ2) is 14.5. The zero-order valence-corrected chi connectivity index (χ0v) is 20.0. The molecule has 0 aromatic carbocycles. The van der Waals surface area contributed by atoms with E-state index in [2.05, 4.69) is 10.6 Å². The molecule has 0 spiro atoms. The summed E-state index contributed by atoms with van der Waals surface area (Å²) in [6, 6.07) is -4.02. The number of likely N-dealkylation sites (tertiary alicyclic amines) is 1. The molecule has 1 saturated heterocycles. The van der Waals surface area contributed by atoms with Crippen LogP contribution in [-0.2, 0) is 24.0 Å². The van der Waals surface area contributed by atoms with Gasteiger partial charge in [0, 0.05) is 13.0 Å². The molecule has 1 rings (SSSR count). The fraction of sp³-hybridized carbons (Fsp3) is 0.773. The van der Waals surface area contributed by atoms with Crippen LogP contribution in [0.4, 0.5) is 0 Å². The number of carbonyl (C=O) groups is 5. The molecular formula is C22H39N5O7. The van der Waals surface area contributed by atoms with E-state index in [0.717, 1.165) is 0 Å². The number of unbranched alkanes of at least 4 members (excludes halogenated alkanes) is 1. The van der Waals surface area contributed by atoms with Gasteiger partial charge in [-0.3, -0.25) is 19.2 Å². The van der Waals surface area contributed by atoms with Crippen LogP contribution in [0.2, 0.25) is 0 Å². The van der Waals surface area contributed by atoms with E-state index in [9.17, 15) is 29.1 Å². The first-order valence-electron chi connectivity index (χ1n) is 11.8. The Hall–Kier alpha value is -2.73. The first-order valence-corrected chi connectivity index (χ1v) is 11.8. The van der Waals surface area contributed by atoms with E-state index in [1.54, 1.807) is 0 Å². The lowest BCUT2D eigenvalue weighted by atomic mass is 10.0. The fourth-order valence-corrected chi connectivity index (χ4v) is 3.91. The Balaban J connectivity index is 2.93. The summed E-state index contributed by atoms with van der Waals surface area (Å²) < 4.78 is 0. The number of rotatable bonds is 15. The molecule has 0 aliphatic carbocycles. The van der Waals surface area contributed by atoms with Crippen LogP contribution in [0.3, 0.4) is 0 Å². The van der Waals surface area contributed by atoms with Crippen molar-refractivity contribution in [1.29, 1.82) is 0 Å². The van der Waals surface area contributed by atoms with Gasteiger partial charge >= 0.3 is 11.9 Å². The van der Waals surface area contributed by atoms with Crippen LogP contribution in [0.25, 0.3) is 0 Å². The molecular weight excluding hydrogens is 446 g/mol. The number of nitrogens with zero attached hydrogens (tertiary/aromatic N) is 1. The molecule has 1 aliphatic rings. The van der Waals surface area contributed by atoms with E-state index in [1.165, 1.54) is 4.90 Å². The highest BCUT2D eigenvalue weighted by atomic mass is 16.4. The average molecular weight is 486 g/mol. The Kier molecular flexibility index (Phi) is 12.5. The van der Waals surface area contributed by atoms with Crippen molar-refractivity contribution in [2.45, 2.75) is 89.4 Å². The number of hydrogen-bond acceptors (Lipinski definition) is 7. The molecule has 0 bridgehead atoms. The number of aliphatic carboxylic acids is 2. The van der Waals surface area contributed by atoms with E-state index in [0.29, 0.717) is 38.6 Å². The lowest BCUT2D eigenvalue weighted by Crippen LogP contribution is -2.57. The van der Waals surface area contributed by atoms with Gasteiger partial charge in [0.05, 0.1) is 6.04 Å². The van der Waals surface area contributed by atoms with Gasteiger partial charge in [-0.05, 0) is 51.0 Å². The van der Waals surface area contributed by atoms with Crippen LogP contribution in [0, 0.1) is 5.92 Å². The maximum atomic E-state index is 13.3. The van der Waals surface area contributed by atoms with Gasteiger partial charge in [0.25, 0.3) is 0 Å². The Bertz CT molecular complexity index is 730. The van der Waals surface area contributed by atoms with E-state index in [-0.39, 0.29) is 31.7 Å². The van der Waals surface area contributed by atoms with Crippen LogP contribution in [0.1, 0.15) is 65.2 Å². The van der Waals surface area contributed by atoms with E-state index < -0.39 is 53.8 Å². The first-order chi connectivity index (χ1) is 16.0. The lowest BCUT2D eigenvalue weighted by Gasteiger charge is -2.30. The highest BCUT2D eigenvalue weighted by molar-refractivity contribution is 5.94. The van der Waals surface area contributed by atoms with Crippen LogP contribution in [0.15, 0.2) is 0 Å². The quantitative estimate of drug-likeness (QED) is 0.163. The molecule has 8 N–H and O–H groups in total. The van der Waals surface area contributed by atoms with Crippen molar-refractivity contribution in [1.82, 2.24) is 15.5 Å². The Labute approximate surface area is 199 Å². The number of carbonyl (C=O) groups excluding carboxylic acids is 3. The number of nitrogens with two attached hydrogens (primary N) is 2. The lowest BCUT2D eigenvalue weighted by molar-refractivity contribution is -0.145. The number of nitrogens with one attached hydrogen (secondary N) is 2. The van der Waals surface area contributed by atoms with Crippen LogP contribution in [0.5, 0.6) is 0 Å². The van der Waals surface area contributed by atoms with Gasteiger partial charge in [0.2, 0.25) is 17.7 Å². The molecule has 0 aromatic heterocycles. The van der Waals surface area contributed by atoms with Gasteiger partial charge in [-0.15, -0.1) is 0 Å². The van der Waals surface area contributed by atoms with Gasteiger partial charge < -0.3 is 37.2 Å². The normalized spacial score (nSPS) is 18.3. The molecule has 0 radical (unpaired) electrons. The van der Waals surface area contributed by atoms with Crippen molar-refractivity contribution in [2.75, 3.05) is 13.1 Å². The van der Waals surface area contributed by atoms with Gasteiger partial charge in [-0.25, -0.2) is 4.79 Å². The number of amides is 3. The van der Waals surface area contributed by atoms with E-state index in [4.69, 9.17) is 16.6 Å². The van der Waals surface area contributed by atoms with Crippen molar-refractivity contribution in [3.8, 4) is 0 Å². The molecule has 34 heavy (non-hydrogen) atoms. The van der Waals surface area contributed by atoms with Crippen LogP contribution in [-0.4, -0.2) is 82.0 Å². The van der Waals surface area contributed by atoms with Crippen LogP contribution < -0.4 is 22.1 Å². The highest BCUT2D eigenvalue weighted by Crippen LogP contribution is 2.20.